The summed E-state index contributed by atoms with van der Waals surface area (Å²) in [7, 11) is 0.977. The highest BCUT2D eigenvalue weighted by Crippen LogP contribution is 2.19. The van der Waals surface area contributed by atoms with Crippen LogP contribution in [-0.4, -0.2) is 95.4 Å². The number of ether oxygens (including phenoxy) is 3. The van der Waals surface area contributed by atoms with Gasteiger partial charge in [0, 0.05) is 54.1 Å². The average molecular weight is 417 g/mol. The van der Waals surface area contributed by atoms with Crippen molar-refractivity contribution in [3.63, 3.8) is 0 Å². The van der Waals surface area contributed by atoms with Crippen LogP contribution in [0.5, 0.6) is 0 Å². The maximum Gasteiger partial charge on any atom is 0.524 e. The molecule has 0 aromatic carbocycles. The van der Waals surface area contributed by atoms with Gasteiger partial charge in [0.2, 0.25) is 0 Å². The van der Waals surface area contributed by atoms with E-state index in [9.17, 15) is 9.59 Å². The molecule has 2 N–H and O–H groups in total. The average Bonchev–Trinajstić information content (AvgIpc) is 2.66. The number of hydrogen-bond acceptors (Lipinski definition) is 9. The lowest BCUT2D eigenvalue weighted by Gasteiger charge is -2.25. The van der Waals surface area contributed by atoms with Gasteiger partial charge >= 0.3 is 17.6 Å². The first kappa shape index (κ1) is 26.1. The third kappa shape index (κ3) is 10.4. The first-order valence-electron chi connectivity index (χ1n) is 8.61. The first-order chi connectivity index (χ1) is 12.3. The third-order valence-corrected chi connectivity index (χ3v) is 8.36. The minimum atomic E-state index is -3.23. The van der Waals surface area contributed by atoms with Crippen LogP contribution in [0.25, 0.3) is 0 Å². The van der Waals surface area contributed by atoms with E-state index < -0.39 is 17.6 Å². The van der Waals surface area contributed by atoms with Gasteiger partial charge in [-0.1, -0.05) is 13.3 Å². The smallest absolute Gasteiger partial charge is 0.390 e. The van der Waals surface area contributed by atoms with Gasteiger partial charge < -0.3 is 41.5 Å². The fourth-order valence-electron chi connectivity index (χ4n) is 2.27. The maximum absolute atomic E-state index is 10.2. The lowest BCUT2D eigenvalue weighted by molar-refractivity contribution is -0.00604. The van der Waals surface area contributed by atoms with Crippen LogP contribution in [0.15, 0.2) is 0 Å². The topological polar surface area (TPSA) is 105 Å². The summed E-state index contributed by atoms with van der Waals surface area (Å²) in [6.45, 7) is 3.76. The second-order valence-electron chi connectivity index (χ2n) is 6.09. The molecule has 0 spiro atoms. The highest BCUT2D eigenvalue weighted by atomic mass is 28.4. The van der Waals surface area contributed by atoms with E-state index in [-0.39, 0.29) is 18.1 Å². The third-order valence-electron chi connectivity index (χ3n) is 4.15. The Morgan fingerprint density at radius 2 is 1.19 bits per heavy atom. The predicted molar refractivity (Wildman–Crippen MR) is 99.6 cm³/mol. The van der Waals surface area contributed by atoms with Gasteiger partial charge in [0.15, 0.2) is 0 Å². The molecule has 0 heterocycles. The summed E-state index contributed by atoms with van der Waals surface area (Å²) >= 11 is 0. The van der Waals surface area contributed by atoms with Gasteiger partial charge in [0.05, 0.1) is 19.8 Å². The zero-order valence-electron chi connectivity index (χ0n) is 16.9. The Morgan fingerprint density at radius 1 is 0.692 bits per heavy atom. The summed E-state index contributed by atoms with van der Waals surface area (Å²) in [6.07, 6.45) is 0.853. The van der Waals surface area contributed by atoms with E-state index in [0.717, 1.165) is 6.42 Å². The van der Waals surface area contributed by atoms with Crippen molar-refractivity contribution < 1.29 is 41.5 Å². The summed E-state index contributed by atoms with van der Waals surface area (Å²) in [6, 6.07) is 0.447. The van der Waals surface area contributed by atoms with Crippen LogP contribution in [-0.2, 0) is 31.9 Å². The van der Waals surface area contributed by atoms with Gasteiger partial charge in [-0.05, 0) is 5.92 Å². The highest BCUT2D eigenvalue weighted by Gasteiger charge is 2.37. The molecule has 0 saturated carbocycles. The van der Waals surface area contributed by atoms with E-state index in [1.165, 1.54) is 28.4 Å². The maximum atomic E-state index is 10.2. The van der Waals surface area contributed by atoms with Gasteiger partial charge in [-0.3, -0.25) is 0 Å². The van der Waals surface area contributed by atoms with Crippen molar-refractivity contribution in [2.75, 3.05) is 68.2 Å². The quantitative estimate of drug-likeness (QED) is 0.324. The summed E-state index contributed by atoms with van der Waals surface area (Å²) in [5, 5.41) is 0. The molecule has 11 heteroatoms. The lowest BCUT2D eigenvalue weighted by Crippen LogP contribution is -2.46. The van der Waals surface area contributed by atoms with Crippen molar-refractivity contribution in [1.82, 2.24) is 0 Å². The van der Waals surface area contributed by atoms with E-state index in [4.69, 9.17) is 31.9 Å². The molecule has 26 heavy (non-hydrogen) atoms. The fourth-order valence-corrected chi connectivity index (χ4v) is 4.69. The molecule has 0 bridgehead atoms. The molecule has 2 atom stereocenters. The van der Waals surface area contributed by atoms with Crippen molar-refractivity contribution in [3.05, 3.63) is 0 Å². The van der Waals surface area contributed by atoms with Crippen molar-refractivity contribution in [1.29, 1.82) is 0 Å². The Labute approximate surface area is 159 Å². The van der Waals surface area contributed by atoms with Crippen molar-refractivity contribution in [2.24, 2.45) is 11.8 Å². The molecular weight excluding hydrogens is 380 g/mol. The van der Waals surface area contributed by atoms with E-state index in [0.29, 0.717) is 32.5 Å². The summed E-state index contributed by atoms with van der Waals surface area (Å²) in [4.78, 5) is 20.2. The zero-order chi connectivity index (χ0) is 20.1. The summed E-state index contributed by atoms with van der Waals surface area (Å²) < 4.78 is 36.7. The molecule has 0 fully saturated rings. The van der Waals surface area contributed by atoms with Crippen LogP contribution in [0, 0.1) is 11.8 Å². The molecule has 0 aliphatic rings. The van der Waals surface area contributed by atoms with Gasteiger partial charge in [-0.2, -0.15) is 0 Å². The monoisotopic (exact) mass is 416 g/mol. The Balaban J connectivity index is 4.33. The van der Waals surface area contributed by atoms with Crippen molar-refractivity contribution >= 4 is 17.6 Å². The standard InChI is InChI=1S/C15H36O9Si2/c1-7-14(12-25(16,19-3)20-4)9-23-10-15(8-18-2)11-24-13-26(17,21-5)22-6/h14-17H,7-13H2,1-6H3. The molecule has 9 nitrogen and oxygen atoms in total. The van der Waals surface area contributed by atoms with Gasteiger partial charge in [-0.15, -0.1) is 0 Å². The number of rotatable bonds is 17. The molecule has 0 rings (SSSR count). The van der Waals surface area contributed by atoms with E-state index in [1.54, 1.807) is 7.11 Å². The molecule has 0 radical (unpaired) electrons. The molecule has 2 unspecified atom stereocenters. The molecule has 0 amide bonds. The summed E-state index contributed by atoms with van der Waals surface area (Å²) in [5.74, 6) is 0.139. The zero-order valence-corrected chi connectivity index (χ0v) is 18.9. The molecule has 158 valence electrons. The van der Waals surface area contributed by atoms with Crippen LogP contribution in [0.3, 0.4) is 0 Å². The Bertz CT molecular complexity index is 341. The van der Waals surface area contributed by atoms with Crippen LogP contribution in [0.2, 0.25) is 6.04 Å². The van der Waals surface area contributed by atoms with Crippen LogP contribution >= 0.6 is 0 Å². The highest BCUT2D eigenvalue weighted by molar-refractivity contribution is 6.59. The van der Waals surface area contributed by atoms with Crippen LogP contribution in [0.1, 0.15) is 13.3 Å². The first-order valence-corrected chi connectivity index (χ1v) is 12.6. The minimum absolute atomic E-state index is 0.00504. The number of methoxy groups -OCH3 is 1. The second-order valence-corrected chi connectivity index (χ2v) is 11.3. The minimum Gasteiger partial charge on any atom is -0.390 e. The van der Waals surface area contributed by atoms with Crippen molar-refractivity contribution in [2.45, 2.75) is 19.4 Å². The SMILES string of the molecule is CCC(COCC(COC)COC[Si](O)(OC)OC)C[Si](O)(OC)OC. The van der Waals surface area contributed by atoms with Gasteiger partial charge in [0.25, 0.3) is 0 Å². The van der Waals surface area contributed by atoms with Crippen LogP contribution in [0.4, 0.5) is 0 Å². The van der Waals surface area contributed by atoms with E-state index in [1.807, 2.05) is 6.92 Å². The Kier molecular flexibility index (Phi) is 14.2. The fraction of sp³-hybridized carbons (Fsp3) is 1.00. The summed E-state index contributed by atoms with van der Waals surface area (Å²) in [5.41, 5.74) is 0. The molecule has 0 aromatic heterocycles. The number of hydrogen-bond donors (Lipinski definition) is 2. The van der Waals surface area contributed by atoms with E-state index >= 15 is 0 Å². The molecule has 0 aromatic rings. The predicted octanol–water partition coefficient (Wildman–Crippen LogP) is 0.296. The van der Waals surface area contributed by atoms with E-state index in [2.05, 4.69) is 0 Å². The van der Waals surface area contributed by atoms with Crippen molar-refractivity contribution in [3.8, 4) is 0 Å². The molecule has 0 saturated heterocycles. The second kappa shape index (κ2) is 14.1. The van der Waals surface area contributed by atoms with Crippen LogP contribution < -0.4 is 0 Å². The Morgan fingerprint density at radius 3 is 1.65 bits per heavy atom. The Hall–Kier alpha value is 0.0738. The van der Waals surface area contributed by atoms with Gasteiger partial charge in [0.1, 0.15) is 6.23 Å². The molecule has 0 aliphatic heterocycles. The largest absolute Gasteiger partial charge is 0.524 e. The molecular formula is C15H36O9Si2. The molecule has 0 aliphatic carbocycles. The lowest BCUT2D eigenvalue weighted by atomic mass is 10.1. The normalized spacial score (nSPS) is 15.2. The van der Waals surface area contributed by atoms with Gasteiger partial charge in [-0.25, -0.2) is 0 Å².